The molecule has 1 aliphatic carbocycles. The van der Waals surface area contributed by atoms with Crippen molar-refractivity contribution in [3.8, 4) is 33.5 Å². The molecule has 35 heavy (non-hydrogen) atoms. The third kappa shape index (κ3) is 3.23. The first-order valence-electron chi connectivity index (χ1n) is 11.9. The lowest BCUT2D eigenvalue weighted by molar-refractivity contribution is 1.28. The van der Waals surface area contributed by atoms with Crippen LogP contribution in [0.4, 0.5) is 17.1 Å². The number of anilines is 3. The van der Waals surface area contributed by atoms with E-state index in [1.54, 1.807) is 0 Å². The second kappa shape index (κ2) is 7.96. The molecule has 0 fully saturated rings. The largest absolute Gasteiger partial charge is 0.310 e. The van der Waals surface area contributed by atoms with E-state index in [4.69, 9.17) is 4.98 Å². The molecule has 5 aromatic carbocycles. The molecule has 6 aromatic rings. The molecule has 164 valence electrons. The van der Waals surface area contributed by atoms with E-state index in [0.29, 0.717) is 0 Å². The van der Waals surface area contributed by atoms with Gasteiger partial charge in [0.05, 0.1) is 11.2 Å². The van der Waals surface area contributed by atoms with Crippen molar-refractivity contribution in [1.82, 2.24) is 4.98 Å². The van der Waals surface area contributed by atoms with Crippen LogP contribution in [0.1, 0.15) is 0 Å². The lowest BCUT2D eigenvalue weighted by Crippen LogP contribution is -2.09. The van der Waals surface area contributed by atoms with Gasteiger partial charge in [-0.2, -0.15) is 0 Å². The fourth-order valence-corrected chi connectivity index (χ4v) is 5.23. The number of aromatic nitrogens is 1. The van der Waals surface area contributed by atoms with Gasteiger partial charge in [-0.25, -0.2) is 4.98 Å². The topological polar surface area (TPSA) is 16.1 Å². The fourth-order valence-electron chi connectivity index (χ4n) is 5.23. The van der Waals surface area contributed by atoms with E-state index in [2.05, 4.69) is 138 Å². The Labute approximate surface area is 204 Å². The Balaban J connectivity index is 1.40. The predicted molar refractivity (Wildman–Crippen MR) is 146 cm³/mol. The van der Waals surface area contributed by atoms with Crippen molar-refractivity contribution in [2.75, 3.05) is 4.90 Å². The molecule has 2 heteroatoms. The van der Waals surface area contributed by atoms with Gasteiger partial charge in [0.2, 0.25) is 0 Å². The molecule has 0 N–H and O–H groups in total. The molecule has 0 saturated heterocycles. The van der Waals surface area contributed by atoms with Crippen LogP contribution < -0.4 is 4.90 Å². The number of para-hydroxylation sites is 2. The van der Waals surface area contributed by atoms with Crippen LogP contribution in [0.2, 0.25) is 0 Å². The monoisotopic (exact) mass is 446 g/mol. The highest BCUT2D eigenvalue weighted by atomic mass is 15.1. The summed E-state index contributed by atoms with van der Waals surface area (Å²) in [5.74, 6) is 0. The molecule has 0 bridgehead atoms. The molecule has 0 unspecified atom stereocenters. The average molecular weight is 447 g/mol. The highest BCUT2D eigenvalue weighted by Crippen LogP contribution is 2.47. The van der Waals surface area contributed by atoms with Crippen molar-refractivity contribution < 1.29 is 0 Å². The zero-order valence-electron chi connectivity index (χ0n) is 19.1. The molecule has 1 aromatic heterocycles. The zero-order chi connectivity index (χ0) is 23.2. The molecule has 0 saturated carbocycles. The number of benzene rings is 5. The quantitative estimate of drug-likeness (QED) is 0.268. The van der Waals surface area contributed by atoms with Crippen molar-refractivity contribution in [3.63, 3.8) is 0 Å². The van der Waals surface area contributed by atoms with Crippen LogP contribution in [0, 0.1) is 0 Å². The molecule has 2 nitrogen and oxygen atoms in total. The molecular formula is C33H22N2. The molecule has 1 heterocycles. The summed E-state index contributed by atoms with van der Waals surface area (Å²) in [5.41, 5.74) is 11.6. The highest BCUT2D eigenvalue weighted by molar-refractivity contribution is 6.14. The Morgan fingerprint density at radius 2 is 1.00 bits per heavy atom. The first-order valence-corrected chi connectivity index (χ1v) is 11.9. The number of hydrogen-bond donors (Lipinski definition) is 0. The van der Waals surface area contributed by atoms with E-state index >= 15 is 0 Å². The summed E-state index contributed by atoms with van der Waals surface area (Å²) in [6.45, 7) is 0. The number of hydrogen-bond acceptors (Lipinski definition) is 2. The maximum atomic E-state index is 5.12. The van der Waals surface area contributed by atoms with Crippen molar-refractivity contribution in [2.45, 2.75) is 0 Å². The summed E-state index contributed by atoms with van der Waals surface area (Å²) in [5, 5.41) is 1.25. The van der Waals surface area contributed by atoms with Crippen molar-refractivity contribution >= 4 is 28.0 Å². The normalized spacial score (nSPS) is 11.4. The Hall–Kier alpha value is -4.69. The molecule has 0 aliphatic heterocycles. The summed E-state index contributed by atoms with van der Waals surface area (Å²) >= 11 is 0. The van der Waals surface area contributed by atoms with Gasteiger partial charge in [-0.1, -0.05) is 84.9 Å². The van der Waals surface area contributed by atoms with Crippen LogP contribution >= 0.6 is 0 Å². The molecule has 0 atom stereocenters. The summed E-state index contributed by atoms with van der Waals surface area (Å²) < 4.78 is 0. The second-order valence-corrected chi connectivity index (χ2v) is 8.86. The van der Waals surface area contributed by atoms with E-state index in [9.17, 15) is 0 Å². The van der Waals surface area contributed by atoms with Crippen molar-refractivity contribution in [2.24, 2.45) is 0 Å². The number of rotatable bonds is 4. The number of pyridine rings is 1. The Morgan fingerprint density at radius 1 is 0.429 bits per heavy atom. The zero-order valence-corrected chi connectivity index (χ0v) is 19.1. The summed E-state index contributed by atoms with van der Waals surface area (Å²) in [6, 6.07) is 47.1. The third-order valence-electron chi connectivity index (χ3n) is 6.77. The SMILES string of the molecule is c1ccc(N(c2ccccc2)c2cccc(-c3cc4c5c(cccc5n3)-c3ccccc3-4)c2)cc1. The van der Waals surface area contributed by atoms with Crippen LogP contribution in [0.25, 0.3) is 44.4 Å². The maximum Gasteiger partial charge on any atom is 0.0722 e. The van der Waals surface area contributed by atoms with Crippen LogP contribution in [-0.4, -0.2) is 4.98 Å². The molecule has 1 aliphatic rings. The molecule has 0 radical (unpaired) electrons. The standard InChI is InChI=1S/C33H22N2/c1-3-12-24(13-4-1)35(25-14-5-2-6-15-25)26-16-9-11-23(21-26)32-22-30-28-18-8-7-17-27(28)29-19-10-20-31(34-32)33(29)30/h1-22H. The first-order chi connectivity index (χ1) is 17.4. The van der Waals surface area contributed by atoms with Crippen molar-refractivity contribution in [3.05, 3.63) is 133 Å². The summed E-state index contributed by atoms with van der Waals surface area (Å²) in [4.78, 5) is 7.41. The fraction of sp³-hybridized carbons (Fsp3) is 0. The van der Waals surface area contributed by atoms with Gasteiger partial charge >= 0.3 is 0 Å². The van der Waals surface area contributed by atoms with Gasteiger partial charge in [0.15, 0.2) is 0 Å². The average Bonchev–Trinajstić information content (AvgIpc) is 3.25. The Morgan fingerprint density at radius 3 is 1.71 bits per heavy atom. The minimum absolute atomic E-state index is 0.990. The van der Waals surface area contributed by atoms with Crippen LogP contribution in [0.15, 0.2) is 133 Å². The second-order valence-electron chi connectivity index (χ2n) is 8.86. The smallest absolute Gasteiger partial charge is 0.0722 e. The van der Waals surface area contributed by atoms with Gasteiger partial charge in [0.25, 0.3) is 0 Å². The van der Waals surface area contributed by atoms with E-state index in [1.165, 1.54) is 27.6 Å². The van der Waals surface area contributed by atoms with Crippen LogP contribution in [0.5, 0.6) is 0 Å². The van der Waals surface area contributed by atoms with Gasteiger partial charge in [-0.3, -0.25) is 0 Å². The third-order valence-corrected chi connectivity index (χ3v) is 6.77. The van der Waals surface area contributed by atoms with E-state index in [-0.39, 0.29) is 0 Å². The molecule has 7 rings (SSSR count). The number of nitrogens with zero attached hydrogens (tertiary/aromatic N) is 2. The van der Waals surface area contributed by atoms with E-state index in [1.807, 2.05) is 0 Å². The molecule has 0 spiro atoms. The summed E-state index contributed by atoms with van der Waals surface area (Å²) in [6.07, 6.45) is 0. The van der Waals surface area contributed by atoms with Gasteiger partial charge in [-0.15, -0.1) is 0 Å². The lowest BCUT2D eigenvalue weighted by Gasteiger charge is -2.25. The number of fused-ring (bicyclic) bond motifs is 3. The summed E-state index contributed by atoms with van der Waals surface area (Å²) in [7, 11) is 0. The minimum Gasteiger partial charge on any atom is -0.310 e. The van der Waals surface area contributed by atoms with Gasteiger partial charge in [0, 0.05) is 28.0 Å². The maximum absolute atomic E-state index is 5.12. The first kappa shape index (κ1) is 19.7. The highest BCUT2D eigenvalue weighted by Gasteiger charge is 2.22. The van der Waals surface area contributed by atoms with Gasteiger partial charge in [0.1, 0.15) is 0 Å². The van der Waals surface area contributed by atoms with E-state index in [0.717, 1.165) is 33.8 Å². The van der Waals surface area contributed by atoms with E-state index < -0.39 is 0 Å². The molecular weight excluding hydrogens is 424 g/mol. The Bertz CT molecular complexity index is 1650. The minimum atomic E-state index is 0.990. The van der Waals surface area contributed by atoms with Gasteiger partial charge < -0.3 is 4.90 Å². The van der Waals surface area contributed by atoms with Gasteiger partial charge in [-0.05, 0) is 70.8 Å². The molecule has 0 amide bonds. The van der Waals surface area contributed by atoms with Crippen LogP contribution in [-0.2, 0) is 0 Å². The predicted octanol–water partition coefficient (Wildman–Crippen LogP) is 9.02. The Kier molecular flexibility index (Phi) is 4.49. The van der Waals surface area contributed by atoms with Crippen molar-refractivity contribution in [1.29, 1.82) is 0 Å². The lowest BCUT2D eigenvalue weighted by atomic mass is 10.0. The van der Waals surface area contributed by atoms with Crippen LogP contribution in [0.3, 0.4) is 0 Å².